The maximum absolute atomic E-state index is 13.9. The van der Waals surface area contributed by atoms with Crippen molar-refractivity contribution in [2.75, 3.05) is 25.0 Å². The summed E-state index contributed by atoms with van der Waals surface area (Å²) in [6, 6.07) is 21.0. The van der Waals surface area contributed by atoms with Crippen LogP contribution in [0.5, 0.6) is 0 Å². The minimum atomic E-state index is -4.50. The fourth-order valence-electron chi connectivity index (χ4n) is 5.96. The average Bonchev–Trinajstić information content (AvgIpc) is 3.44. The normalized spacial score (nSPS) is 19.1. The first kappa shape index (κ1) is 29.5. The zero-order valence-electron chi connectivity index (χ0n) is 23.2. The molecule has 220 valence electrons. The Bertz CT molecular complexity index is 1440. The first-order valence-corrected chi connectivity index (χ1v) is 13.9. The topological polar surface area (TPSA) is 85.2 Å². The molecule has 0 saturated heterocycles. The van der Waals surface area contributed by atoms with Crippen LogP contribution in [-0.2, 0) is 15.8 Å². The third kappa shape index (κ3) is 5.82. The largest absolute Gasteiger partial charge is 0.416 e. The van der Waals surface area contributed by atoms with Gasteiger partial charge < -0.3 is 20.2 Å². The van der Waals surface area contributed by atoms with Crippen LogP contribution in [0.3, 0.4) is 0 Å². The molecule has 1 aliphatic heterocycles. The lowest BCUT2D eigenvalue weighted by molar-refractivity contribution is -0.137. The van der Waals surface area contributed by atoms with Gasteiger partial charge in [0.25, 0.3) is 5.91 Å². The van der Waals surface area contributed by atoms with Crippen LogP contribution in [0, 0.1) is 0 Å². The molecular weight excluding hydrogens is 545 g/mol. The summed E-state index contributed by atoms with van der Waals surface area (Å²) in [4.78, 5) is 34.5. The summed E-state index contributed by atoms with van der Waals surface area (Å²) in [6.45, 7) is 0.587. The van der Waals surface area contributed by atoms with Crippen molar-refractivity contribution in [3.63, 3.8) is 0 Å². The van der Waals surface area contributed by atoms with E-state index in [0.717, 1.165) is 30.5 Å². The van der Waals surface area contributed by atoms with Crippen LogP contribution in [0.15, 0.2) is 83.9 Å². The third-order valence-electron chi connectivity index (χ3n) is 8.24. The highest BCUT2D eigenvalue weighted by Crippen LogP contribution is 2.38. The Morgan fingerprint density at radius 1 is 1.05 bits per heavy atom. The van der Waals surface area contributed by atoms with Gasteiger partial charge in [-0.05, 0) is 36.6 Å². The zero-order valence-corrected chi connectivity index (χ0v) is 23.2. The minimum Gasteiger partial charge on any atom is -0.387 e. The summed E-state index contributed by atoms with van der Waals surface area (Å²) in [6.07, 6.45) is -2.88. The van der Waals surface area contributed by atoms with Crippen LogP contribution >= 0.6 is 0 Å². The zero-order chi connectivity index (χ0) is 29.9. The van der Waals surface area contributed by atoms with Crippen LogP contribution in [0.1, 0.15) is 54.0 Å². The summed E-state index contributed by atoms with van der Waals surface area (Å²) >= 11 is 0. The van der Waals surface area contributed by atoms with Gasteiger partial charge in [-0.25, -0.2) is 4.99 Å². The predicted molar refractivity (Wildman–Crippen MR) is 154 cm³/mol. The number of carbonyl (C=O) groups excluding carboxylic acids is 2. The number of aliphatic imine (C=N–C) groups is 1. The standard InChI is InChI=1S/C32H33F3N4O3/c1-38-26-12-6-5-11-25(26)28(23-13-15-24(16-14-23)32(33,34)35)37-29(30(38)42)39(21-40)31(17-7-8-18-31)20-36-19-27(41)22-9-3-2-4-10-22/h2-6,9-16,21,27,29,36,41H,7-8,17-20H2,1H3/t27-,29?/m0/s1. The number of likely N-dealkylation sites (N-methyl/N-ethyl adjacent to an activating group) is 1. The SMILES string of the molecule is CN1C(=O)C(N(C=O)C2(CNC[C@H](O)c3ccccc3)CCCC2)N=C(c2ccc(C(F)(F)F)cc2)c2ccccc21. The number of para-hydroxylation sites is 1. The van der Waals surface area contributed by atoms with E-state index in [1.165, 1.54) is 21.9 Å². The van der Waals surface area contributed by atoms with E-state index in [9.17, 15) is 27.9 Å². The second kappa shape index (κ2) is 12.1. The van der Waals surface area contributed by atoms with Gasteiger partial charge in [0.05, 0.1) is 28.6 Å². The number of alkyl halides is 3. The van der Waals surface area contributed by atoms with Crippen molar-refractivity contribution in [1.82, 2.24) is 10.2 Å². The van der Waals surface area contributed by atoms with Crippen molar-refractivity contribution < 1.29 is 27.9 Å². The molecule has 0 aromatic heterocycles. The van der Waals surface area contributed by atoms with Gasteiger partial charge in [0, 0.05) is 31.3 Å². The highest BCUT2D eigenvalue weighted by atomic mass is 19.4. The summed E-state index contributed by atoms with van der Waals surface area (Å²) in [5.41, 5.74) is 1.08. The smallest absolute Gasteiger partial charge is 0.387 e. The molecule has 0 bridgehead atoms. The van der Waals surface area contributed by atoms with E-state index in [-0.39, 0.29) is 6.54 Å². The van der Waals surface area contributed by atoms with Gasteiger partial charge >= 0.3 is 6.18 Å². The fourth-order valence-corrected chi connectivity index (χ4v) is 5.96. The second-order valence-electron chi connectivity index (χ2n) is 10.8. The lowest BCUT2D eigenvalue weighted by Crippen LogP contribution is -2.60. The van der Waals surface area contributed by atoms with E-state index in [1.54, 1.807) is 31.3 Å². The van der Waals surface area contributed by atoms with Gasteiger partial charge in [-0.15, -0.1) is 0 Å². The van der Waals surface area contributed by atoms with E-state index in [2.05, 4.69) is 5.32 Å². The van der Waals surface area contributed by atoms with Gasteiger partial charge in [-0.3, -0.25) is 9.59 Å². The number of amides is 2. The van der Waals surface area contributed by atoms with Crippen molar-refractivity contribution in [1.29, 1.82) is 0 Å². The minimum absolute atomic E-state index is 0.252. The van der Waals surface area contributed by atoms with E-state index >= 15 is 0 Å². The quantitative estimate of drug-likeness (QED) is 0.353. The van der Waals surface area contributed by atoms with Crippen LogP contribution in [-0.4, -0.2) is 59.9 Å². The van der Waals surface area contributed by atoms with E-state index in [1.807, 2.05) is 30.3 Å². The number of benzene rings is 3. The number of aliphatic hydroxyl groups is 1. The van der Waals surface area contributed by atoms with Crippen LogP contribution in [0.25, 0.3) is 0 Å². The Hall–Kier alpha value is -4.02. The molecule has 2 amide bonds. The Kier molecular flexibility index (Phi) is 8.47. The van der Waals surface area contributed by atoms with Crippen molar-refractivity contribution >= 4 is 23.7 Å². The van der Waals surface area contributed by atoms with E-state index in [0.29, 0.717) is 48.3 Å². The maximum Gasteiger partial charge on any atom is 0.416 e. The van der Waals surface area contributed by atoms with Crippen molar-refractivity contribution in [2.45, 2.75) is 49.7 Å². The molecular formula is C32H33F3N4O3. The van der Waals surface area contributed by atoms with Crippen LogP contribution in [0.4, 0.5) is 18.9 Å². The number of halogens is 3. The second-order valence-corrected chi connectivity index (χ2v) is 10.8. The molecule has 1 unspecified atom stereocenters. The maximum atomic E-state index is 13.9. The van der Waals surface area contributed by atoms with Crippen LogP contribution < -0.4 is 10.2 Å². The molecule has 1 fully saturated rings. The van der Waals surface area contributed by atoms with Crippen molar-refractivity contribution in [3.05, 3.63) is 101 Å². The van der Waals surface area contributed by atoms with Gasteiger partial charge in [0.1, 0.15) is 0 Å². The lowest BCUT2D eigenvalue weighted by atomic mass is 9.94. The molecule has 42 heavy (non-hydrogen) atoms. The predicted octanol–water partition coefficient (Wildman–Crippen LogP) is 4.94. The highest BCUT2D eigenvalue weighted by Gasteiger charge is 2.46. The molecule has 3 aromatic rings. The monoisotopic (exact) mass is 578 g/mol. The number of hydrogen-bond acceptors (Lipinski definition) is 5. The molecule has 2 aliphatic rings. The van der Waals surface area contributed by atoms with Gasteiger partial charge in [0.15, 0.2) is 0 Å². The number of anilines is 1. The first-order valence-electron chi connectivity index (χ1n) is 13.9. The first-order chi connectivity index (χ1) is 20.1. The van der Waals surface area contributed by atoms with Gasteiger partial charge in [-0.1, -0.05) is 73.5 Å². The third-order valence-corrected chi connectivity index (χ3v) is 8.24. The Balaban J connectivity index is 1.50. The molecule has 2 atom stereocenters. The number of carbonyl (C=O) groups is 2. The number of nitrogens with one attached hydrogen (secondary N) is 1. The van der Waals surface area contributed by atoms with Crippen molar-refractivity contribution in [3.8, 4) is 0 Å². The number of hydrogen-bond donors (Lipinski definition) is 2. The molecule has 0 spiro atoms. The Labute approximate surface area is 242 Å². The number of rotatable bonds is 9. The Morgan fingerprint density at radius 3 is 2.33 bits per heavy atom. The molecule has 1 aliphatic carbocycles. The number of benzodiazepines with no additional fused rings is 1. The molecule has 3 aromatic carbocycles. The molecule has 7 nitrogen and oxygen atoms in total. The summed E-state index contributed by atoms with van der Waals surface area (Å²) in [5, 5.41) is 14.0. The average molecular weight is 579 g/mol. The Morgan fingerprint density at radius 2 is 1.69 bits per heavy atom. The fraction of sp³-hybridized carbons (Fsp3) is 0.344. The highest BCUT2D eigenvalue weighted by molar-refractivity contribution is 6.20. The molecule has 0 radical (unpaired) electrons. The molecule has 1 heterocycles. The number of fused-ring (bicyclic) bond motifs is 1. The number of aliphatic hydroxyl groups excluding tert-OH is 1. The van der Waals surface area contributed by atoms with Crippen LogP contribution in [0.2, 0.25) is 0 Å². The van der Waals surface area contributed by atoms with Gasteiger partial charge in [-0.2, -0.15) is 13.2 Å². The summed E-state index contributed by atoms with van der Waals surface area (Å²) < 4.78 is 39.9. The van der Waals surface area contributed by atoms with E-state index < -0.39 is 35.5 Å². The molecule has 5 rings (SSSR count). The molecule has 2 N–H and O–H groups in total. The van der Waals surface area contributed by atoms with E-state index in [4.69, 9.17) is 4.99 Å². The molecule has 1 saturated carbocycles. The summed E-state index contributed by atoms with van der Waals surface area (Å²) in [7, 11) is 1.61. The van der Waals surface area contributed by atoms with Crippen molar-refractivity contribution in [2.24, 2.45) is 4.99 Å². The lowest BCUT2D eigenvalue weighted by Gasteiger charge is -2.42. The van der Waals surface area contributed by atoms with Gasteiger partial charge in [0.2, 0.25) is 12.6 Å². The summed E-state index contributed by atoms with van der Waals surface area (Å²) in [5.74, 6) is -0.424. The number of nitrogens with zero attached hydrogens (tertiary/aromatic N) is 3. The molecule has 10 heteroatoms.